The Labute approximate surface area is 115 Å². The van der Waals surface area contributed by atoms with Gasteiger partial charge in [0.05, 0.1) is 13.2 Å². The number of phenols is 3. The minimum atomic E-state index is -0.859. The van der Waals surface area contributed by atoms with Gasteiger partial charge in [-0.05, 0) is 23.3 Å². The first kappa shape index (κ1) is 12.6. The lowest BCUT2D eigenvalue weighted by molar-refractivity contribution is 0.176. The standard InChI is InChI=1S/C15H14O5/c1-20-13-6-8(16)2-7-3-11(18)10-4-9(17)5-12(19)15(10)14(7)13/h2,4-6,11,16-19H,3H2,1H3/t11-/m0/s1. The lowest BCUT2D eigenvalue weighted by atomic mass is 9.82. The Morgan fingerprint density at radius 3 is 2.40 bits per heavy atom. The molecule has 2 aromatic rings. The van der Waals surface area contributed by atoms with Crippen molar-refractivity contribution in [2.24, 2.45) is 0 Å². The van der Waals surface area contributed by atoms with E-state index >= 15 is 0 Å². The average molecular weight is 274 g/mol. The molecular weight excluding hydrogens is 260 g/mol. The van der Waals surface area contributed by atoms with Crippen LogP contribution in [-0.4, -0.2) is 27.5 Å². The zero-order chi connectivity index (χ0) is 14.4. The van der Waals surface area contributed by atoms with Crippen LogP contribution < -0.4 is 4.74 Å². The normalized spacial score (nSPS) is 16.4. The van der Waals surface area contributed by atoms with Crippen LogP contribution in [0, 0.1) is 0 Å². The quantitative estimate of drug-likeness (QED) is 0.639. The number of aliphatic hydroxyl groups is 1. The van der Waals surface area contributed by atoms with Crippen LogP contribution in [-0.2, 0) is 6.42 Å². The molecule has 0 bridgehead atoms. The van der Waals surface area contributed by atoms with Crippen LogP contribution in [0.1, 0.15) is 17.2 Å². The molecule has 0 unspecified atom stereocenters. The first-order chi connectivity index (χ1) is 9.51. The first-order valence-electron chi connectivity index (χ1n) is 6.15. The van der Waals surface area contributed by atoms with E-state index in [2.05, 4.69) is 0 Å². The molecule has 0 saturated carbocycles. The van der Waals surface area contributed by atoms with Crippen LogP contribution in [0.5, 0.6) is 23.0 Å². The van der Waals surface area contributed by atoms with E-state index in [1.807, 2.05) is 0 Å². The molecule has 0 aromatic heterocycles. The molecule has 1 aliphatic rings. The number of phenolic OH excluding ortho intramolecular Hbond substituents is 3. The summed E-state index contributed by atoms with van der Waals surface area (Å²) in [5, 5.41) is 39.5. The molecule has 0 spiro atoms. The molecule has 104 valence electrons. The van der Waals surface area contributed by atoms with E-state index in [4.69, 9.17) is 4.74 Å². The Morgan fingerprint density at radius 1 is 1.00 bits per heavy atom. The minimum absolute atomic E-state index is 0.0366. The fourth-order valence-corrected chi connectivity index (χ4v) is 2.75. The highest BCUT2D eigenvalue weighted by atomic mass is 16.5. The molecule has 5 nitrogen and oxygen atoms in total. The number of rotatable bonds is 1. The van der Waals surface area contributed by atoms with Gasteiger partial charge in [0.15, 0.2) is 0 Å². The summed E-state index contributed by atoms with van der Waals surface area (Å²) in [5.41, 5.74) is 2.18. The second-order valence-electron chi connectivity index (χ2n) is 4.83. The number of hydrogen-bond donors (Lipinski definition) is 4. The highest BCUT2D eigenvalue weighted by Crippen LogP contribution is 2.49. The van der Waals surface area contributed by atoms with E-state index in [1.165, 1.54) is 31.4 Å². The summed E-state index contributed by atoms with van der Waals surface area (Å²) >= 11 is 0. The lowest BCUT2D eigenvalue weighted by Crippen LogP contribution is -2.11. The first-order valence-corrected chi connectivity index (χ1v) is 6.15. The van der Waals surface area contributed by atoms with Crippen LogP contribution in [0.15, 0.2) is 24.3 Å². The Morgan fingerprint density at radius 2 is 1.70 bits per heavy atom. The van der Waals surface area contributed by atoms with Gasteiger partial charge in [-0.2, -0.15) is 0 Å². The molecule has 0 amide bonds. The van der Waals surface area contributed by atoms with Crippen molar-refractivity contribution in [3.8, 4) is 34.1 Å². The summed E-state index contributed by atoms with van der Waals surface area (Å²) in [6, 6.07) is 5.63. The van der Waals surface area contributed by atoms with Gasteiger partial charge >= 0.3 is 0 Å². The summed E-state index contributed by atoms with van der Waals surface area (Å²) in [4.78, 5) is 0. The second kappa shape index (κ2) is 4.31. The summed E-state index contributed by atoms with van der Waals surface area (Å²) in [6.07, 6.45) is -0.585. The van der Waals surface area contributed by atoms with Crippen LogP contribution in [0.3, 0.4) is 0 Å². The number of aliphatic hydroxyl groups excluding tert-OH is 1. The van der Waals surface area contributed by atoms with Gasteiger partial charge in [0.25, 0.3) is 0 Å². The van der Waals surface area contributed by atoms with Crippen molar-refractivity contribution in [3.05, 3.63) is 35.4 Å². The Hall–Kier alpha value is -2.40. The maximum Gasteiger partial charge on any atom is 0.130 e. The number of aromatic hydroxyl groups is 3. The fraction of sp³-hybridized carbons (Fsp3) is 0.200. The van der Waals surface area contributed by atoms with Crippen molar-refractivity contribution in [2.75, 3.05) is 7.11 Å². The van der Waals surface area contributed by atoms with Crippen molar-refractivity contribution in [1.29, 1.82) is 0 Å². The van der Waals surface area contributed by atoms with E-state index in [1.54, 1.807) is 0 Å². The van der Waals surface area contributed by atoms with Crippen molar-refractivity contribution in [2.45, 2.75) is 12.5 Å². The van der Waals surface area contributed by atoms with Crippen LogP contribution in [0.4, 0.5) is 0 Å². The number of fused-ring (bicyclic) bond motifs is 3. The van der Waals surface area contributed by atoms with E-state index in [9.17, 15) is 20.4 Å². The molecule has 5 heteroatoms. The summed E-state index contributed by atoms with van der Waals surface area (Å²) < 4.78 is 5.26. The molecule has 4 N–H and O–H groups in total. The highest BCUT2D eigenvalue weighted by Gasteiger charge is 2.29. The maximum atomic E-state index is 10.2. The topological polar surface area (TPSA) is 90.2 Å². The van der Waals surface area contributed by atoms with E-state index < -0.39 is 6.10 Å². The number of methoxy groups -OCH3 is 1. The maximum absolute atomic E-state index is 10.2. The monoisotopic (exact) mass is 274 g/mol. The zero-order valence-electron chi connectivity index (χ0n) is 10.8. The molecule has 20 heavy (non-hydrogen) atoms. The molecule has 0 heterocycles. The van der Waals surface area contributed by atoms with Crippen LogP contribution >= 0.6 is 0 Å². The van der Waals surface area contributed by atoms with Gasteiger partial charge in [-0.1, -0.05) is 0 Å². The van der Waals surface area contributed by atoms with Crippen molar-refractivity contribution >= 4 is 0 Å². The molecule has 0 radical (unpaired) electrons. The highest BCUT2D eigenvalue weighted by molar-refractivity contribution is 5.84. The third kappa shape index (κ3) is 1.75. The van der Waals surface area contributed by atoms with Gasteiger partial charge in [0.1, 0.15) is 23.0 Å². The van der Waals surface area contributed by atoms with Crippen molar-refractivity contribution in [1.82, 2.24) is 0 Å². The molecular formula is C15H14O5. The van der Waals surface area contributed by atoms with Crippen molar-refractivity contribution in [3.63, 3.8) is 0 Å². The minimum Gasteiger partial charge on any atom is -0.508 e. The smallest absolute Gasteiger partial charge is 0.130 e. The van der Waals surface area contributed by atoms with Crippen LogP contribution in [0.25, 0.3) is 11.1 Å². The van der Waals surface area contributed by atoms with Crippen LogP contribution in [0.2, 0.25) is 0 Å². The fourth-order valence-electron chi connectivity index (χ4n) is 2.75. The van der Waals surface area contributed by atoms with Gasteiger partial charge in [0.2, 0.25) is 0 Å². The number of benzene rings is 2. The van der Waals surface area contributed by atoms with Gasteiger partial charge in [-0.25, -0.2) is 0 Å². The Bertz CT molecular complexity index is 693. The van der Waals surface area contributed by atoms with Gasteiger partial charge < -0.3 is 25.2 Å². The molecule has 1 atom stereocenters. The summed E-state index contributed by atoms with van der Waals surface area (Å²) in [6.45, 7) is 0. The number of hydrogen-bond acceptors (Lipinski definition) is 5. The summed E-state index contributed by atoms with van der Waals surface area (Å²) in [5.74, 6) is 0.203. The van der Waals surface area contributed by atoms with E-state index in [0.717, 1.165) is 0 Å². The van der Waals surface area contributed by atoms with Gasteiger partial charge in [0, 0.05) is 29.7 Å². The van der Waals surface area contributed by atoms with Crippen molar-refractivity contribution < 1.29 is 25.2 Å². The Kier molecular flexibility index (Phi) is 2.72. The third-order valence-electron chi connectivity index (χ3n) is 3.54. The summed E-state index contributed by atoms with van der Waals surface area (Å²) in [7, 11) is 1.47. The number of ether oxygens (including phenoxy) is 1. The van der Waals surface area contributed by atoms with E-state index in [0.29, 0.717) is 28.0 Å². The molecule has 3 rings (SSSR count). The largest absolute Gasteiger partial charge is 0.508 e. The van der Waals surface area contributed by atoms with E-state index in [-0.39, 0.29) is 23.7 Å². The van der Waals surface area contributed by atoms with Gasteiger partial charge in [-0.3, -0.25) is 0 Å². The third-order valence-corrected chi connectivity index (χ3v) is 3.54. The molecule has 0 aliphatic heterocycles. The average Bonchev–Trinajstić information content (AvgIpc) is 2.37. The molecule has 0 saturated heterocycles. The SMILES string of the molecule is COc1cc(O)cc2c1-c1c(O)cc(O)cc1[C@@H](O)C2. The van der Waals surface area contributed by atoms with Gasteiger partial charge in [-0.15, -0.1) is 0 Å². The molecule has 2 aromatic carbocycles. The zero-order valence-corrected chi connectivity index (χ0v) is 10.8. The molecule has 1 aliphatic carbocycles. The lowest BCUT2D eigenvalue weighted by Gasteiger charge is -2.27. The molecule has 0 fully saturated rings. The Balaban J connectivity index is 2.38. The predicted octanol–water partition coefficient (Wildman–Crippen LogP) is 2.07. The second-order valence-corrected chi connectivity index (χ2v) is 4.83. The predicted molar refractivity (Wildman–Crippen MR) is 72.1 cm³/mol.